The van der Waals surface area contributed by atoms with Crippen molar-refractivity contribution in [1.29, 1.82) is 0 Å². The normalized spacial score (nSPS) is 11.2. The molecule has 7 nitrogen and oxygen atoms in total. The summed E-state index contributed by atoms with van der Waals surface area (Å²) < 4.78 is 20.1. The molecule has 0 aliphatic carbocycles. The van der Waals surface area contributed by atoms with Gasteiger partial charge in [0, 0.05) is 53.5 Å². The SMILES string of the molecule is COCCNC(=O)c1ccc(-c2c(F)cnc3[nH]c4cnc(-c5cccnc5)cc4c23)cc1. The number of aromatic amines is 1. The minimum absolute atomic E-state index is 0.210. The number of ether oxygens (including phenoxy) is 1. The van der Waals surface area contributed by atoms with Gasteiger partial charge in [-0.05, 0) is 35.9 Å². The molecule has 1 amide bonds. The summed E-state index contributed by atoms with van der Waals surface area (Å²) >= 11 is 0. The Morgan fingerprint density at radius 1 is 1.09 bits per heavy atom. The summed E-state index contributed by atoms with van der Waals surface area (Å²) in [5.41, 5.74) is 4.47. The first kappa shape index (κ1) is 20.7. The molecule has 164 valence electrons. The number of aromatic nitrogens is 4. The van der Waals surface area contributed by atoms with E-state index in [1.165, 1.54) is 6.20 Å². The number of benzene rings is 1. The van der Waals surface area contributed by atoms with Crippen molar-refractivity contribution in [3.8, 4) is 22.4 Å². The maximum Gasteiger partial charge on any atom is 0.251 e. The first-order valence-electron chi connectivity index (χ1n) is 10.4. The van der Waals surface area contributed by atoms with Crippen molar-refractivity contribution in [3.05, 3.63) is 78.6 Å². The van der Waals surface area contributed by atoms with E-state index in [9.17, 15) is 4.79 Å². The largest absolute Gasteiger partial charge is 0.383 e. The molecule has 0 aliphatic heterocycles. The molecule has 0 aliphatic rings. The quantitative estimate of drug-likeness (QED) is 0.382. The van der Waals surface area contributed by atoms with Gasteiger partial charge < -0.3 is 15.0 Å². The molecule has 0 fully saturated rings. The second-order valence-corrected chi connectivity index (χ2v) is 7.51. The summed E-state index contributed by atoms with van der Waals surface area (Å²) in [4.78, 5) is 28.4. The van der Waals surface area contributed by atoms with Gasteiger partial charge in [0.25, 0.3) is 5.91 Å². The molecule has 1 aromatic carbocycles. The lowest BCUT2D eigenvalue weighted by Gasteiger charge is -2.08. The Morgan fingerprint density at radius 3 is 2.70 bits per heavy atom. The van der Waals surface area contributed by atoms with E-state index < -0.39 is 5.82 Å². The summed E-state index contributed by atoms with van der Waals surface area (Å²) in [7, 11) is 1.57. The van der Waals surface area contributed by atoms with Crippen LogP contribution in [0.4, 0.5) is 4.39 Å². The lowest BCUT2D eigenvalue weighted by Crippen LogP contribution is -2.26. The van der Waals surface area contributed by atoms with Crippen molar-refractivity contribution >= 4 is 27.8 Å². The summed E-state index contributed by atoms with van der Waals surface area (Å²) in [5.74, 6) is -0.654. The average molecular weight is 441 g/mol. The highest BCUT2D eigenvalue weighted by Gasteiger charge is 2.18. The first-order valence-corrected chi connectivity index (χ1v) is 10.4. The van der Waals surface area contributed by atoms with E-state index in [4.69, 9.17) is 4.74 Å². The monoisotopic (exact) mass is 441 g/mol. The van der Waals surface area contributed by atoms with E-state index in [2.05, 4.69) is 25.3 Å². The van der Waals surface area contributed by atoms with Crippen molar-refractivity contribution in [2.24, 2.45) is 0 Å². The van der Waals surface area contributed by atoms with Crippen LogP contribution in [-0.2, 0) is 4.74 Å². The predicted octanol–water partition coefficient (Wildman–Crippen LogP) is 4.36. The van der Waals surface area contributed by atoms with Crippen LogP contribution in [0, 0.1) is 5.82 Å². The van der Waals surface area contributed by atoms with Gasteiger partial charge in [0.1, 0.15) is 11.5 Å². The van der Waals surface area contributed by atoms with Crippen LogP contribution < -0.4 is 5.32 Å². The van der Waals surface area contributed by atoms with Gasteiger partial charge in [0.15, 0.2) is 0 Å². The number of amides is 1. The molecular formula is C25H20FN5O2. The van der Waals surface area contributed by atoms with Crippen LogP contribution in [0.15, 0.2) is 67.3 Å². The van der Waals surface area contributed by atoms with Crippen molar-refractivity contribution < 1.29 is 13.9 Å². The molecule has 0 saturated carbocycles. The smallest absolute Gasteiger partial charge is 0.251 e. The summed E-state index contributed by atoms with van der Waals surface area (Å²) in [6.07, 6.45) is 6.36. The molecule has 33 heavy (non-hydrogen) atoms. The Bertz CT molecular complexity index is 1450. The number of carbonyl (C=O) groups is 1. The third-order valence-corrected chi connectivity index (χ3v) is 5.44. The predicted molar refractivity (Wildman–Crippen MR) is 124 cm³/mol. The number of rotatable bonds is 6. The fraction of sp³-hybridized carbons (Fsp3) is 0.120. The van der Waals surface area contributed by atoms with Crippen LogP contribution in [0.3, 0.4) is 0 Å². The Kier molecular flexibility index (Phi) is 5.50. The Morgan fingerprint density at radius 2 is 1.94 bits per heavy atom. The highest BCUT2D eigenvalue weighted by atomic mass is 19.1. The van der Waals surface area contributed by atoms with E-state index in [1.54, 1.807) is 50.0 Å². The molecular weight excluding hydrogens is 421 g/mol. The second kappa shape index (κ2) is 8.76. The molecule has 5 rings (SSSR count). The standard InChI is InChI=1S/C25H20FN5O2/c1-33-10-9-28-25(32)16-6-4-15(5-7-16)22-19(26)13-30-24-23(22)18-11-20(29-14-21(18)31-24)17-3-2-8-27-12-17/h2-8,11-14H,9-10H2,1H3,(H,28,32)(H,30,31). The maximum atomic E-state index is 15.1. The van der Waals surface area contributed by atoms with Crippen molar-refractivity contribution in [3.63, 3.8) is 0 Å². The molecule has 4 aromatic heterocycles. The number of hydrogen-bond donors (Lipinski definition) is 2. The Labute approximate surface area is 188 Å². The minimum Gasteiger partial charge on any atom is -0.383 e. The summed E-state index contributed by atoms with van der Waals surface area (Å²) in [5, 5.41) is 4.25. The number of H-pyrrole nitrogens is 1. The van der Waals surface area contributed by atoms with Crippen LogP contribution in [0.5, 0.6) is 0 Å². The molecule has 2 N–H and O–H groups in total. The molecule has 0 spiro atoms. The lowest BCUT2D eigenvalue weighted by atomic mass is 9.99. The van der Waals surface area contributed by atoms with Crippen LogP contribution >= 0.6 is 0 Å². The number of hydrogen-bond acceptors (Lipinski definition) is 5. The molecule has 8 heteroatoms. The van der Waals surface area contributed by atoms with Gasteiger partial charge in [-0.15, -0.1) is 0 Å². The van der Waals surface area contributed by atoms with Gasteiger partial charge in [-0.1, -0.05) is 12.1 Å². The van der Waals surface area contributed by atoms with Gasteiger partial charge in [-0.25, -0.2) is 9.37 Å². The number of pyridine rings is 3. The second-order valence-electron chi connectivity index (χ2n) is 7.51. The Hall–Kier alpha value is -4.17. The molecule has 5 aromatic rings. The van der Waals surface area contributed by atoms with Gasteiger partial charge in [-0.3, -0.25) is 14.8 Å². The zero-order chi connectivity index (χ0) is 22.8. The van der Waals surface area contributed by atoms with E-state index in [0.29, 0.717) is 40.9 Å². The van der Waals surface area contributed by atoms with E-state index in [-0.39, 0.29) is 5.91 Å². The Balaban J connectivity index is 1.60. The summed E-state index contributed by atoms with van der Waals surface area (Å²) in [6, 6.07) is 12.5. The number of nitrogens with one attached hydrogen (secondary N) is 2. The zero-order valence-corrected chi connectivity index (χ0v) is 17.8. The van der Waals surface area contributed by atoms with E-state index >= 15 is 4.39 Å². The molecule has 0 atom stereocenters. The fourth-order valence-electron chi connectivity index (χ4n) is 3.85. The number of methoxy groups -OCH3 is 1. The van der Waals surface area contributed by atoms with Crippen molar-refractivity contribution in [2.75, 3.05) is 20.3 Å². The number of nitrogens with zero attached hydrogens (tertiary/aromatic N) is 3. The van der Waals surface area contributed by atoms with Crippen LogP contribution in [0.25, 0.3) is 44.3 Å². The maximum absolute atomic E-state index is 15.1. The highest BCUT2D eigenvalue weighted by molar-refractivity contribution is 6.13. The summed E-state index contributed by atoms with van der Waals surface area (Å²) in [6.45, 7) is 0.847. The van der Waals surface area contributed by atoms with Gasteiger partial charge in [0.2, 0.25) is 0 Å². The zero-order valence-electron chi connectivity index (χ0n) is 17.8. The third kappa shape index (κ3) is 3.92. The van der Waals surface area contributed by atoms with E-state index in [1.807, 2.05) is 18.2 Å². The van der Waals surface area contributed by atoms with Crippen molar-refractivity contribution in [1.82, 2.24) is 25.3 Å². The van der Waals surface area contributed by atoms with Crippen LogP contribution in [-0.4, -0.2) is 46.1 Å². The number of halogens is 1. The van der Waals surface area contributed by atoms with Gasteiger partial charge in [0.05, 0.1) is 30.2 Å². The molecule has 0 unspecified atom stereocenters. The number of carbonyl (C=O) groups excluding carboxylic acids is 1. The topological polar surface area (TPSA) is 92.8 Å². The first-order chi connectivity index (χ1) is 16.2. The lowest BCUT2D eigenvalue weighted by molar-refractivity contribution is 0.0937. The third-order valence-electron chi connectivity index (χ3n) is 5.44. The number of fused-ring (bicyclic) bond motifs is 3. The highest BCUT2D eigenvalue weighted by Crippen LogP contribution is 2.36. The van der Waals surface area contributed by atoms with Crippen LogP contribution in [0.2, 0.25) is 0 Å². The van der Waals surface area contributed by atoms with E-state index in [0.717, 1.165) is 22.2 Å². The average Bonchev–Trinajstić information content (AvgIpc) is 3.23. The van der Waals surface area contributed by atoms with Gasteiger partial charge in [-0.2, -0.15) is 0 Å². The minimum atomic E-state index is -0.444. The fourth-order valence-corrected chi connectivity index (χ4v) is 3.85. The molecule has 0 radical (unpaired) electrons. The van der Waals surface area contributed by atoms with Gasteiger partial charge >= 0.3 is 0 Å². The molecule has 4 heterocycles. The van der Waals surface area contributed by atoms with Crippen molar-refractivity contribution in [2.45, 2.75) is 0 Å². The molecule has 0 bridgehead atoms. The van der Waals surface area contributed by atoms with Crippen LogP contribution in [0.1, 0.15) is 10.4 Å². The molecule has 0 saturated heterocycles.